The van der Waals surface area contributed by atoms with Crippen LogP contribution in [0.4, 0.5) is 10.1 Å². The van der Waals surface area contributed by atoms with Gasteiger partial charge in [-0.05, 0) is 36.7 Å². The second-order valence-electron chi connectivity index (χ2n) is 4.62. The molecule has 19 heavy (non-hydrogen) atoms. The number of rotatable bonds is 9. The van der Waals surface area contributed by atoms with Crippen LogP contribution in [0, 0.1) is 5.82 Å². The molecule has 0 aliphatic heterocycles. The first kappa shape index (κ1) is 15.9. The highest BCUT2D eigenvalue weighted by molar-refractivity contribution is 5.54. The predicted octanol–water partition coefficient (Wildman–Crippen LogP) is 2.53. The molecule has 1 aromatic rings. The zero-order valence-electron chi connectivity index (χ0n) is 12.0. The topological polar surface area (TPSA) is 35.5 Å². The van der Waals surface area contributed by atoms with Gasteiger partial charge in [0, 0.05) is 25.3 Å². The van der Waals surface area contributed by atoms with Crippen LogP contribution in [0.15, 0.2) is 18.2 Å². The van der Waals surface area contributed by atoms with Gasteiger partial charge in [-0.15, -0.1) is 0 Å². The van der Waals surface area contributed by atoms with Gasteiger partial charge in [0.25, 0.3) is 0 Å². The summed E-state index contributed by atoms with van der Waals surface area (Å²) >= 11 is 0. The van der Waals surface area contributed by atoms with E-state index in [4.69, 9.17) is 0 Å². The molecule has 4 heteroatoms. The zero-order valence-corrected chi connectivity index (χ0v) is 12.0. The highest BCUT2D eigenvalue weighted by atomic mass is 19.1. The van der Waals surface area contributed by atoms with Crippen molar-refractivity contribution < 1.29 is 9.50 Å². The van der Waals surface area contributed by atoms with Gasteiger partial charge < -0.3 is 15.3 Å². The van der Waals surface area contributed by atoms with Gasteiger partial charge in [-0.1, -0.05) is 20.3 Å². The first-order valence-corrected chi connectivity index (χ1v) is 7.07. The van der Waals surface area contributed by atoms with Crippen molar-refractivity contribution in [3.05, 3.63) is 29.6 Å². The summed E-state index contributed by atoms with van der Waals surface area (Å²) in [5, 5.41) is 12.4. The molecule has 0 bridgehead atoms. The largest absolute Gasteiger partial charge is 0.395 e. The Hall–Kier alpha value is -1.13. The van der Waals surface area contributed by atoms with Crippen LogP contribution in [0.1, 0.15) is 32.3 Å². The molecule has 0 fully saturated rings. The van der Waals surface area contributed by atoms with Gasteiger partial charge >= 0.3 is 0 Å². The fourth-order valence-electron chi connectivity index (χ4n) is 2.09. The molecular weight excluding hydrogens is 243 g/mol. The molecule has 0 aliphatic carbocycles. The lowest BCUT2D eigenvalue weighted by molar-refractivity contribution is 0.301. The molecule has 2 N–H and O–H groups in total. The Morgan fingerprint density at radius 2 is 2.05 bits per heavy atom. The second-order valence-corrected chi connectivity index (χ2v) is 4.62. The number of nitrogens with one attached hydrogen (secondary N) is 1. The summed E-state index contributed by atoms with van der Waals surface area (Å²) in [5.41, 5.74) is 1.97. The zero-order chi connectivity index (χ0) is 14.1. The van der Waals surface area contributed by atoms with Crippen LogP contribution in [0.5, 0.6) is 0 Å². The summed E-state index contributed by atoms with van der Waals surface area (Å²) in [7, 11) is 0. The minimum Gasteiger partial charge on any atom is -0.395 e. The Balaban J connectivity index is 2.91. The van der Waals surface area contributed by atoms with Gasteiger partial charge in [0.15, 0.2) is 0 Å². The Bertz CT molecular complexity index is 371. The maximum atomic E-state index is 13.4. The van der Waals surface area contributed by atoms with E-state index in [0.29, 0.717) is 13.1 Å². The van der Waals surface area contributed by atoms with Crippen LogP contribution in [0.3, 0.4) is 0 Å². The van der Waals surface area contributed by atoms with Gasteiger partial charge in [-0.25, -0.2) is 4.39 Å². The van der Waals surface area contributed by atoms with Crippen LogP contribution >= 0.6 is 0 Å². The molecule has 108 valence electrons. The van der Waals surface area contributed by atoms with Crippen molar-refractivity contribution in [3.63, 3.8) is 0 Å². The second kappa shape index (κ2) is 8.88. The molecule has 0 amide bonds. The Morgan fingerprint density at radius 1 is 1.26 bits per heavy atom. The van der Waals surface area contributed by atoms with Crippen LogP contribution in [0.25, 0.3) is 0 Å². The van der Waals surface area contributed by atoms with Crippen molar-refractivity contribution in [1.82, 2.24) is 5.32 Å². The normalized spacial score (nSPS) is 10.7. The average Bonchev–Trinajstić information content (AvgIpc) is 2.41. The number of anilines is 1. The Morgan fingerprint density at radius 3 is 2.68 bits per heavy atom. The third-order valence-electron chi connectivity index (χ3n) is 3.10. The number of aliphatic hydroxyl groups excluding tert-OH is 1. The Labute approximate surface area is 115 Å². The molecule has 0 spiro atoms. The molecule has 0 aromatic heterocycles. The van der Waals surface area contributed by atoms with E-state index >= 15 is 0 Å². The third kappa shape index (κ3) is 5.17. The van der Waals surface area contributed by atoms with Crippen LogP contribution < -0.4 is 10.2 Å². The van der Waals surface area contributed by atoms with E-state index in [2.05, 4.69) is 17.1 Å². The maximum absolute atomic E-state index is 13.4. The van der Waals surface area contributed by atoms with Gasteiger partial charge in [-0.3, -0.25) is 0 Å². The van der Waals surface area contributed by atoms with Crippen molar-refractivity contribution in [2.45, 2.75) is 33.2 Å². The lowest BCUT2D eigenvalue weighted by atomic mass is 10.1. The van der Waals surface area contributed by atoms with Gasteiger partial charge in [0.2, 0.25) is 0 Å². The molecule has 0 saturated heterocycles. The maximum Gasteiger partial charge on any atom is 0.123 e. The van der Waals surface area contributed by atoms with E-state index in [1.54, 1.807) is 6.07 Å². The monoisotopic (exact) mass is 268 g/mol. The minimum absolute atomic E-state index is 0.113. The number of benzene rings is 1. The van der Waals surface area contributed by atoms with E-state index in [1.807, 2.05) is 13.0 Å². The van der Waals surface area contributed by atoms with Gasteiger partial charge in [0.1, 0.15) is 5.82 Å². The van der Waals surface area contributed by atoms with Crippen molar-refractivity contribution in [3.8, 4) is 0 Å². The lowest BCUT2D eigenvalue weighted by Gasteiger charge is -2.26. The highest BCUT2D eigenvalue weighted by Crippen LogP contribution is 2.22. The third-order valence-corrected chi connectivity index (χ3v) is 3.10. The SMILES string of the molecule is CCCCN(CCO)c1ccc(F)cc1CNCC. The lowest BCUT2D eigenvalue weighted by Crippen LogP contribution is -2.29. The van der Waals surface area contributed by atoms with E-state index in [1.165, 1.54) is 6.07 Å². The summed E-state index contributed by atoms with van der Waals surface area (Å²) in [5.74, 6) is -0.212. The standard InChI is InChI=1S/C15H25FN2O/c1-3-5-8-18(9-10-19)15-7-6-14(16)11-13(15)12-17-4-2/h6-7,11,17,19H,3-5,8-10,12H2,1-2H3. The molecule has 0 aliphatic rings. The summed E-state index contributed by atoms with van der Waals surface area (Å²) in [6.07, 6.45) is 2.17. The summed E-state index contributed by atoms with van der Waals surface area (Å²) in [6, 6.07) is 4.88. The van der Waals surface area contributed by atoms with Crippen LogP contribution in [-0.2, 0) is 6.54 Å². The predicted molar refractivity (Wildman–Crippen MR) is 78.0 cm³/mol. The first-order chi connectivity index (χ1) is 9.22. The molecule has 0 saturated carbocycles. The quantitative estimate of drug-likeness (QED) is 0.722. The van der Waals surface area contributed by atoms with Crippen LogP contribution in [-0.4, -0.2) is 31.3 Å². The minimum atomic E-state index is -0.212. The number of halogens is 1. The van der Waals surface area contributed by atoms with E-state index in [-0.39, 0.29) is 12.4 Å². The number of unbranched alkanes of at least 4 members (excludes halogenated alkanes) is 1. The first-order valence-electron chi connectivity index (χ1n) is 7.07. The smallest absolute Gasteiger partial charge is 0.123 e. The average molecular weight is 268 g/mol. The fraction of sp³-hybridized carbons (Fsp3) is 0.600. The van der Waals surface area contributed by atoms with Gasteiger partial charge in [0.05, 0.1) is 6.61 Å². The molecule has 3 nitrogen and oxygen atoms in total. The van der Waals surface area contributed by atoms with Crippen LogP contribution in [0.2, 0.25) is 0 Å². The van der Waals surface area contributed by atoms with Crippen molar-refractivity contribution in [1.29, 1.82) is 0 Å². The van der Waals surface area contributed by atoms with Crippen molar-refractivity contribution in [2.24, 2.45) is 0 Å². The molecule has 1 rings (SSSR count). The van der Waals surface area contributed by atoms with Gasteiger partial charge in [-0.2, -0.15) is 0 Å². The number of aliphatic hydroxyl groups is 1. The molecule has 0 radical (unpaired) electrons. The molecule has 1 aromatic carbocycles. The number of hydrogen-bond acceptors (Lipinski definition) is 3. The number of hydrogen-bond donors (Lipinski definition) is 2. The van der Waals surface area contributed by atoms with E-state index < -0.39 is 0 Å². The molecule has 0 heterocycles. The number of nitrogens with zero attached hydrogens (tertiary/aromatic N) is 1. The van der Waals surface area contributed by atoms with E-state index in [0.717, 1.165) is 37.2 Å². The van der Waals surface area contributed by atoms with Crippen molar-refractivity contribution >= 4 is 5.69 Å². The summed E-state index contributed by atoms with van der Waals surface area (Å²) < 4.78 is 13.4. The fourth-order valence-corrected chi connectivity index (χ4v) is 2.09. The molecule has 0 atom stereocenters. The molecule has 0 unspecified atom stereocenters. The van der Waals surface area contributed by atoms with E-state index in [9.17, 15) is 9.50 Å². The van der Waals surface area contributed by atoms with Crippen molar-refractivity contribution in [2.75, 3.05) is 31.1 Å². The Kier molecular flexibility index (Phi) is 7.45. The highest BCUT2D eigenvalue weighted by Gasteiger charge is 2.11. The summed E-state index contributed by atoms with van der Waals surface area (Å²) in [6.45, 7) is 7.26. The summed E-state index contributed by atoms with van der Waals surface area (Å²) in [4.78, 5) is 2.13. The molecular formula is C15H25FN2O.